The van der Waals surface area contributed by atoms with Crippen LogP contribution in [0.25, 0.3) is 0 Å². The molecule has 3 unspecified atom stereocenters. The van der Waals surface area contributed by atoms with Gasteiger partial charge in [0, 0.05) is 18.8 Å². The van der Waals surface area contributed by atoms with E-state index in [1.165, 1.54) is 0 Å². The molecule has 1 aliphatic carbocycles. The van der Waals surface area contributed by atoms with E-state index in [4.69, 9.17) is 14.5 Å². The molecule has 3 atom stereocenters. The zero-order valence-electron chi connectivity index (χ0n) is 14.7. The summed E-state index contributed by atoms with van der Waals surface area (Å²) in [6.07, 6.45) is 9.45. The van der Waals surface area contributed by atoms with Crippen molar-refractivity contribution in [3.63, 3.8) is 0 Å². The van der Waals surface area contributed by atoms with Gasteiger partial charge in [0.1, 0.15) is 0 Å². The molecule has 1 saturated heterocycles. The first-order valence-corrected chi connectivity index (χ1v) is 9.96. The summed E-state index contributed by atoms with van der Waals surface area (Å²) in [6.45, 7) is 1.58. The highest BCUT2D eigenvalue weighted by Gasteiger charge is 2.53. The van der Waals surface area contributed by atoms with Crippen LogP contribution in [-0.4, -0.2) is 35.5 Å². The lowest BCUT2D eigenvalue weighted by molar-refractivity contribution is -0.125. The standard InChI is InChI=1S/C20H20N2O3S.ClH/c23-19(22-10-13-4-5-16-17(9-13)25-12-24-16)14-11-26-20-7-2-1-3-18(20)21-8-6-15(14)20;/h1-5,7,9,14-15H,6,8,10-12H2,(H,22,23);1H. The molecule has 4 aliphatic rings. The molecule has 1 aromatic rings. The Bertz CT molecular complexity index is 854. The first-order valence-electron chi connectivity index (χ1n) is 8.97. The molecular formula is C20H21ClN2O3S. The zero-order valence-corrected chi connectivity index (χ0v) is 16.4. The lowest BCUT2D eigenvalue weighted by Crippen LogP contribution is -2.46. The number of nitrogens with one attached hydrogen (secondary N) is 1. The number of aliphatic imine (C=N–C) groups is 1. The van der Waals surface area contributed by atoms with Crippen LogP contribution in [0.3, 0.4) is 0 Å². The van der Waals surface area contributed by atoms with Crippen molar-refractivity contribution in [3.8, 4) is 11.5 Å². The molecule has 0 saturated carbocycles. The Morgan fingerprint density at radius 2 is 2.19 bits per heavy atom. The maximum Gasteiger partial charge on any atom is 0.231 e. The Labute approximate surface area is 168 Å². The fraction of sp³-hybridized carbons (Fsp3) is 0.400. The van der Waals surface area contributed by atoms with E-state index in [9.17, 15) is 4.79 Å². The number of rotatable bonds is 3. The Hall–Kier alpha value is -1.92. The van der Waals surface area contributed by atoms with E-state index in [1.807, 2.05) is 36.0 Å². The molecule has 3 heterocycles. The molecule has 27 heavy (non-hydrogen) atoms. The molecule has 5 rings (SSSR count). The summed E-state index contributed by atoms with van der Waals surface area (Å²) >= 11 is 1.87. The number of hydrogen-bond donors (Lipinski definition) is 1. The highest BCUT2D eigenvalue weighted by atomic mass is 35.5. The maximum absolute atomic E-state index is 12.9. The van der Waals surface area contributed by atoms with Crippen molar-refractivity contribution >= 4 is 35.8 Å². The highest BCUT2D eigenvalue weighted by molar-refractivity contribution is 8.02. The van der Waals surface area contributed by atoms with Gasteiger partial charge in [-0.1, -0.05) is 24.3 Å². The number of fused-ring (bicyclic) bond motifs is 1. The van der Waals surface area contributed by atoms with Crippen molar-refractivity contribution in [2.24, 2.45) is 16.8 Å². The van der Waals surface area contributed by atoms with E-state index < -0.39 is 0 Å². The highest BCUT2D eigenvalue weighted by Crippen LogP contribution is 2.52. The van der Waals surface area contributed by atoms with Crippen molar-refractivity contribution < 1.29 is 14.3 Å². The van der Waals surface area contributed by atoms with Crippen LogP contribution in [0, 0.1) is 11.8 Å². The number of carbonyl (C=O) groups is 1. The quantitative estimate of drug-likeness (QED) is 0.840. The number of amides is 1. The number of nitrogens with zero attached hydrogens (tertiary/aromatic N) is 1. The normalized spacial score (nSPS) is 29.4. The average molecular weight is 405 g/mol. The molecule has 1 N–H and O–H groups in total. The van der Waals surface area contributed by atoms with E-state index in [1.54, 1.807) is 0 Å². The van der Waals surface area contributed by atoms with Crippen LogP contribution < -0.4 is 14.8 Å². The van der Waals surface area contributed by atoms with Gasteiger partial charge in [-0.05, 0) is 36.1 Å². The number of allylic oxidation sites excluding steroid dienone is 3. The van der Waals surface area contributed by atoms with Crippen LogP contribution in [0.5, 0.6) is 11.5 Å². The molecule has 0 radical (unpaired) electrons. The summed E-state index contributed by atoms with van der Waals surface area (Å²) in [5.41, 5.74) is 2.15. The third-order valence-corrected chi connectivity index (χ3v) is 7.26. The minimum atomic E-state index is -0.103. The van der Waals surface area contributed by atoms with Crippen molar-refractivity contribution in [3.05, 3.63) is 48.1 Å². The number of halogens is 1. The summed E-state index contributed by atoms with van der Waals surface area (Å²) < 4.78 is 10.6. The fourth-order valence-electron chi connectivity index (χ4n) is 4.29. The molecule has 142 valence electrons. The number of carbonyl (C=O) groups excluding carboxylic acids is 1. The first-order chi connectivity index (χ1) is 12.8. The summed E-state index contributed by atoms with van der Waals surface area (Å²) in [7, 11) is 0. The second kappa shape index (κ2) is 7.24. The Kier molecular flexibility index (Phi) is 4.95. The van der Waals surface area contributed by atoms with Crippen molar-refractivity contribution in [2.75, 3.05) is 19.1 Å². The predicted molar refractivity (Wildman–Crippen MR) is 109 cm³/mol. The fourth-order valence-corrected chi connectivity index (χ4v) is 6.08. The van der Waals surface area contributed by atoms with E-state index in [0.717, 1.165) is 41.5 Å². The predicted octanol–water partition coefficient (Wildman–Crippen LogP) is 3.14. The van der Waals surface area contributed by atoms with Gasteiger partial charge in [-0.15, -0.1) is 24.2 Å². The number of benzene rings is 1. The van der Waals surface area contributed by atoms with Gasteiger partial charge in [0.15, 0.2) is 11.5 Å². The van der Waals surface area contributed by atoms with Gasteiger partial charge < -0.3 is 14.8 Å². The van der Waals surface area contributed by atoms with E-state index >= 15 is 0 Å². The largest absolute Gasteiger partial charge is 0.454 e. The van der Waals surface area contributed by atoms with Crippen molar-refractivity contribution in [1.82, 2.24) is 5.32 Å². The Balaban J connectivity index is 0.00000180. The van der Waals surface area contributed by atoms with Gasteiger partial charge in [0.05, 0.1) is 16.4 Å². The molecule has 1 spiro atoms. The summed E-state index contributed by atoms with van der Waals surface area (Å²) in [5, 5.41) is 3.13. The van der Waals surface area contributed by atoms with Gasteiger partial charge in [-0.2, -0.15) is 0 Å². The van der Waals surface area contributed by atoms with Crippen LogP contribution >= 0.6 is 24.2 Å². The summed E-state index contributed by atoms with van der Waals surface area (Å²) in [6, 6.07) is 5.81. The van der Waals surface area contributed by atoms with Crippen molar-refractivity contribution in [1.29, 1.82) is 0 Å². The lowest BCUT2D eigenvalue weighted by Gasteiger charge is -2.38. The number of thioether (sulfide) groups is 1. The molecular weight excluding hydrogens is 384 g/mol. The lowest BCUT2D eigenvalue weighted by atomic mass is 9.74. The van der Waals surface area contributed by atoms with Crippen LogP contribution in [0.15, 0.2) is 47.5 Å². The summed E-state index contributed by atoms with van der Waals surface area (Å²) in [5.74, 6) is 2.84. The number of hydrogen-bond acceptors (Lipinski definition) is 5. The van der Waals surface area contributed by atoms with Crippen LogP contribution in [0.1, 0.15) is 12.0 Å². The molecule has 5 nitrogen and oxygen atoms in total. The minimum Gasteiger partial charge on any atom is -0.454 e. The van der Waals surface area contributed by atoms with Gasteiger partial charge in [-0.3, -0.25) is 9.79 Å². The SMILES string of the molecule is Cl.O=C(NCc1ccc2c(c1)OCO2)C1CSC23C=CC=CC2=NCCC13. The molecule has 0 aromatic heterocycles. The second-order valence-corrected chi connectivity index (χ2v) is 8.29. The second-order valence-electron chi connectivity index (χ2n) is 7.00. The third kappa shape index (κ3) is 3.05. The molecule has 1 aromatic carbocycles. The average Bonchev–Trinajstić information content (AvgIpc) is 3.29. The van der Waals surface area contributed by atoms with E-state index in [-0.39, 0.29) is 35.8 Å². The number of ether oxygens (including phenoxy) is 2. The van der Waals surface area contributed by atoms with Gasteiger partial charge >= 0.3 is 0 Å². The molecule has 0 bridgehead atoms. The smallest absolute Gasteiger partial charge is 0.231 e. The van der Waals surface area contributed by atoms with E-state index in [2.05, 4.69) is 23.5 Å². The molecule has 1 amide bonds. The molecule has 1 fully saturated rings. The van der Waals surface area contributed by atoms with Crippen molar-refractivity contribution in [2.45, 2.75) is 17.7 Å². The maximum atomic E-state index is 12.9. The third-order valence-electron chi connectivity index (χ3n) is 5.61. The van der Waals surface area contributed by atoms with Crippen LogP contribution in [0.4, 0.5) is 0 Å². The van der Waals surface area contributed by atoms with Gasteiger partial charge in [0.25, 0.3) is 0 Å². The van der Waals surface area contributed by atoms with Crippen LogP contribution in [-0.2, 0) is 11.3 Å². The zero-order chi connectivity index (χ0) is 17.6. The minimum absolute atomic E-state index is 0. The van der Waals surface area contributed by atoms with Gasteiger partial charge in [-0.25, -0.2) is 0 Å². The monoisotopic (exact) mass is 404 g/mol. The van der Waals surface area contributed by atoms with Crippen LogP contribution in [0.2, 0.25) is 0 Å². The van der Waals surface area contributed by atoms with E-state index in [0.29, 0.717) is 12.5 Å². The molecule has 7 heteroatoms. The first kappa shape index (κ1) is 18.4. The Morgan fingerprint density at radius 1 is 1.30 bits per heavy atom. The molecule has 3 aliphatic heterocycles. The summed E-state index contributed by atoms with van der Waals surface area (Å²) in [4.78, 5) is 17.6. The Morgan fingerprint density at radius 3 is 3.11 bits per heavy atom. The topological polar surface area (TPSA) is 59.9 Å². The van der Waals surface area contributed by atoms with Gasteiger partial charge in [0.2, 0.25) is 12.7 Å².